The summed E-state index contributed by atoms with van der Waals surface area (Å²) in [5.41, 5.74) is 4.47. The number of allylic oxidation sites excluding steroid dienone is 1. The Labute approximate surface area is 320 Å². The van der Waals surface area contributed by atoms with Gasteiger partial charge in [0.1, 0.15) is 6.10 Å². The highest BCUT2D eigenvalue weighted by atomic mass is 16.5. The maximum atomic E-state index is 13.0. The van der Waals surface area contributed by atoms with Gasteiger partial charge in [-0.15, -0.1) is 0 Å². The highest BCUT2D eigenvalue weighted by Gasteiger charge is 2.26. The van der Waals surface area contributed by atoms with Crippen LogP contribution in [0.15, 0.2) is 60.9 Å². The van der Waals surface area contributed by atoms with Gasteiger partial charge in [0.15, 0.2) is 0 Å². The Bertz CT molecular complexity index is 1120. The Morgan fingerprint density at radius 1 is 0.577 bits per heavy atom. The summed E-state index contributed by atoms with van der Waals surface area (Å²) < 4.78 is 12.6. The molecule has 52 heavy (non-hydrogen) atoms. The third-order valence-electron chi connectivity index (χ3n) is 10.8. The standard InChI is InChI=1S/C48H78O4/c1-7-10-13-15-17-22-45(23-18-16-14-11-8-2)52-47(49)24-20-39-48(50,37-12-9-3)38-19-21-42(6)51-46(35-33-43-29-25-40(4)26-30-43)36-34-44-31-27-41(5)28-32-44/h25-32,45-46,50H,6-24,33-39H2,1-5H3. The normalized spacial score (nSPS) is 12.7. The first-order valence-corrected chi connectivity index (χ1v) is 21.5. The lowest BCUT2D eigenvalue weighted by Crippen LogP contribution is -2.29. The maximum absolute atomic E-state index is 13.0. The molecule has 0 aliphatic carbocycles. The summed E-state index contributed by atoms with van der Waals surface area (Å²) in [7, 11) is 0. The predicted molar refractivity (Wildman–Crippen MR) is 222 cm³/mol. The molecule has 0 spiro atoms. The van der Waals surface area contributed by atoms with Crippen LogP contribution in [-0.2, 0) is 27.1 Å². The number of ether oxygens (including phenoxy) is 2. The minimum atomic E-state index is -0.773. The van der Waals surface area contributed by atoms with Crippen molar-refractivity contribution in [3.05, 3.63) is 83.1 Å². The molecule has 0 saturated heterocycles. The summed E-state index contributed by atoms with van der Waals surface area (Å²) in [6.07, 6.45) is 25.0. The lowest BCUT2D eigenvalue weighted by molar-refractivity contribution is -0.150. The molecule has 0 aromatic heterocycles. The molecule has 0 amide bonds. The number of hydrogen-bond donors (Lipinski definition) is 1. The van der Waals surface area contributed by atoms with Gasteiger partial charge in [0.25, 0.3) is 0 Å². The molecule has 0 saturated carbocycles. The van der Waals surface area contributed by atoms with Gasteiger partial charge in [-0.2, -0.15) is 0 Å². The van der Waals surface area contributed by atoms with E-state index in [9.17, 15) is 9.90 Å². The van der Waals surface area contributed by atoms with Crippen LogP contribution < -0.4 is 0 Å². The highest BCUT2D eigenvalue weighted by Crippen LogP contribution is 2.29. The molecular formula is C48H78O4. The average Bonchev–Trinajstić information content (AvgIpc) is 3.13. The molecule has 1 unspecified atom stereocenters. The lowest BCUT2D eigenvalue weighted by Gasteiger charge is -2.29. The zero-order chi connectivity index (χ0) is 37.9. The van der Waals surface area contributed by atoms with Crippen molar-refractivity contribution in [3.8, 4) is 0 Å². The van der Waals surface area contributed by atoms with Crippen LogP contribution in [0, 0.1) is 13.8 Å². The van der Waals surface area contributed by atoms with Crippen molar-refractivity contribution < 1.29 is 19.4 Å². The molecule has 2 rings (SSSR count). The molecule has 2 aromatic carbocycles. The number of carbonyl (C=O) groups is 1. The maximum Gasteiger partial charge on any atom is 0.306 e. The van der Waals surface area contributed by atoms with Gasteiger partial charge in [0, 0.05) is 12.8 Å². The summed E-state index contributed by atoms with van der Waals surface area (Å²) in [6, 6.07) is 17.6. The van der Waals surface area contributed by atoms with E-state index in [1.54, 1.807) is 0 Å². The molecule has 0 fully saturated rings. The van der Waals surface area contributed by atoms with E-state index in [1.807, 2.05) is 0 Å². The molecule has 0 radical (unpaired) electrons. The molecule has 4 nitrogen and oxygen atoms in total. The van der Waals surface area contributed by atoms with Crippen molar-refractivity contribution in [3.63, 3.8) is 0 Å². The summed E-state index contributed by atoms with van der Waals surface area (Å²) >= 11 is 0. The van der Waals surface area contributed by atoms with Crippen molar-refractivity contribution in [1.29, 1.82) is 0 Å². The lowest BCUT2D eigenvalue weighted by atomic mass is 9.86. The topological polar surface area (TPSA) is 55.8 Å². The Morgan fingerprint density at radius 2 is 1.00 bits per heavy atom. The van der Waals surface area contributed by atoms with Gasteiger partial charge in [0.05, 0.1) is 17.5 Å². The molecule has 294 valence electrons. The van der Waals surface area contributed by atoms with Crippen LogP contribution in [0.5, 0.6) is 0 Å². The minimum absolute atomic E-state index is 0.0401. The number of aryl methyl sites for hydroxylation is 4. The molecule has 0 aliphatic heterocycles. The van der Waals surface area contributed by atoms with Crippen molar-refractivity contribution in [2.24, 2.45) is 0 Å². The SMILES string of the molecule is C=C(CCCC(O)(CCCC)CCCC(=O)OC(CCCCCCC)CCCCCCC)OC(CCc1ccc(C)cc1)CCc1ccc(C)cc1. The zero-order valence-corrected chi connectivity index (χ0v) is 34.3. The Hall–Kier alpha value is -2.59. The highest BCUT2D eigenvalue weighted by molar-refractivity contribution is 5.69. The zero-order valence-electron chi connectivity index (χ0n) is 34.3. The number of benzene rings is 2. The van der Waals surface area contributed by atoms with E-state index in [0.29, 0.717) is 25.7 Å². The molecule has 0 heterocycles. The predicted octanol–water partition coefficient (Wildman–Crippen LogP) is 13.7. The number of hydrogen-bond acceptors (Lipinski definition) is 4. The first-order chi connectivity index (χ1) is 25.2. The smallest absolute Gasteiger partial charge is 0.306 e. The van der Waals surface area contributed by atoms with Crippen molar-refractivity contribution in [2.75, 3.05) is 0 Å². The van der Waals surface area contributed by atoms with Crippen LogP contribution in [0.25, 0.3) is 0 Å². The van der Waals surface area contributed by atoms with E-state index in [1.165, 1.54) is 73.6 Å². The molecule has 1 atom stereocenters. The second-order valence-electron chi connectivity index (χ2n) is 15.9. The molecule has 2 aromatic rings. The van der Waals surface area contributed by atoms with Crippen LogP contribution in [0.2, 0.25) is 0 Å². The summed E-state index contributed by atoms with van der Waals surface area (Å²) in [5, 5.41) is 11.7. The van der Waals surface area contributed by atoms with Crippen molar-refractivity contribution in [1.82, 2.24) is 0 Å². The average molecular weight is 719 g/mol. The van der Waals surface area contributed by atoms with Crippen molar-refractivity contribution >= 4 is 5.97 Å². The first kappa shape index (κ1) is 45.6. The number of aliphatic hydroxyl groups is 1. The summed E-state index contributed by atoms with van der Waals surface area (Å²) in [5.74, 6) is 0.726. The fraction of sp³-hybridized carbons (Fsp3) is 0.688. The Kier molecular flexibility index (Phi) is 24.5. The minimum Gasteiger partial charge on any atom is -0.495 e. The van der Waals surface area contributed by atoms with Gasteiger partial charge in [-0.05, 0) is 108 Å². The molecule has 0 aliphatic rings. The fourth-order valence-electron chi connectivity index (χ4n) is 7.24. The third kappa shape index (κ3) is 21.8. The van der Waals surface area contributed by atoms with Crippen LogP contribution in [-0.4, -0.2) is 28.9 Å². The van der Waals surface area contributed by atoms with Gasteiger partial charge in [0.2, 0.25) is 0 Å². The van der Waals surface area contributed by atoms with Gasteiger partial charge < -0.3 is 14.6 Å². The second-order valence-corrected chi connectivity index (χ2v) is 15.9. The molecular weight excluding hydrogens is 641 g/mol. The summed E-state index contributed by atoms with van der Waals surface area (Å²) in [6.45, 7) is 15.2. The van der Waals surface area contributed by atoms with Gasteiger partial charge >= 0.3 is 5.97 Å². The van der Waals surface area contributed by atoms with E-state index in [0.717, 1.165) is 89.2 Å². The van der Waals surface area contributed by atoms with E-state index in [4.69, 9.17) is 9.47 Å². The molecule has 1 N–H and O–H groups in total. The van der Waals surface area contributed by atoms with Gasteiger partial charge in [-0.3, -0.25) is 4.79 Å². The monoisotopic (exact) mass is 719 g/mol. The first-order valence-electron chi connectivity index (χ1n) is 21.5. The molecule has 4 heteroatoms. The van der Waals surface area contributed by atoms with Crippen LogP contribution in [0.1, 0.15) is 191 Å². The fourth-order valence-corrected chi connectivity index (χ4v) is 7.24. The van der Waals surface area contributed by atoms with Gasteiger partial charge in [-0.25, -0.2) is 0 Å². The van der Waals surface area contributed by atoms with E-state index >= 15 is 0 Å². The Balaban J connectivity index is 1.87. The van der Waals surface area contributed by atoms with E-state index in [2.05, 4.69) is 89.7 Å². The quantitative estimate of drug-likeness (QED) is 0.0465. The summed E-state index contributed by atoms with van der Waals surface area (Å²) in [4.78, 5) is 13.0. The van der Waals surface area contributed by atoms with E-state index in [-0.39, 0.29) is 18.2 Å². The van der Waals surface area contributed by atoms with E-state index < -0.39 is 5.60 Å². The van der Waals surface area contributed by atoms with Crippen molar-refractivity contribution in [2.45, 2.75) is 213 Å². The number of rotatable bonds is 32. The molecule has 0 bridgehead atoms. The number of esters is 1. The Morgan fingerprint density at radius 3 is 1.48 bits per heavy atom. The van der Waals surface area contributed by atoms with Crippen LogP contribution >= 0.6 is 0 Å². The third-order valence-corrected chi connectivity index (χ3v) is 10.8. The number of unbranched alkanes of at least 4 members (excludes halogenated alkanes) is 9. The van der Waals surface area contributed by atoms with Crippen LogP contribution in [0.3, 0.4) is 0 Å². The second kappa shape index (κ2) is 27.9. The van der Waals surface area contributed by atoms with Crippen LogP contribution in [0.4, 0.5) is 0 Å². The number of carbonyl (C=O) groups excluding carboxylic acids is 1. The largest absolute Gasteiger partial charge is 0.495 e. The van der Waals surface area contributed by atoms with Gasteiger partial charge in [-0.1, -0.05) is 151 Å².